The van der Waals surface area contributed by atoms with Crippen LogP contribution in [-0.4, -0.2) is 33.1 Å². The Morgan fingerprint density at radius 3 is 2.04 bits per heavy atom. The molecular weight excluding hydrogens is 328 g/mol. The maximum absolute atomic E-state index is 12.4. The van der Waals surface area contributed by atoms with E-state index in [1.54, 1.807) is 0 Å². The highest BCUT2D eigenvalue weighted by Gasteiger charge is 2.28. The van der Waals surface area contributed by atoms with Crippen LogP contribution < -0.4 is 10.6 Å². The lowest BCUT2D eigenvalue weighted by atomic mass is 10.2. The van der Waals surface area contributed by atoms with Crippen LogP contribution in [0.1, 0.15) is 19.3 Å². The Morgan fingerprint density at radius 1 is 0.960 bits per heavy atom. The molecule has 0 atom stereocenters. The minimum atomic E-state index is -0.777. The number of ether oxygens (including phenoxy) is 1. The Bertz CT molecular complexity index is 667. The third kappa shape index (κ3) is 4.52. The van der Waals surface area contributed by atoms with Gasteiger partial charge in [0.15, 0.2) is 0 Å². The van der Waals surface area contributed by atoms with Crippen LogP contribution in [-0.2, 0) is 4.74 Å². The molecule has 2 aromatic carbocycles. The van der Waals surface area contributed by atoms with Gasteiger partial charge in [-0.3, -0.25) is 4.90 Å². The molecule has 127 valence electrons. The van der Waals surface area contributed by atoms with Gasteiger partial charge in [-0.05, 0) is 29.9 Å². The molecule has 0 fully saturated rings. The second-order valence-corrected chi connectivity index (χ2v) is 7.85. The summed E-state index contributed by atoms with van der Waals surface area (Å²) in [7, 11) is 0.679. The van der Waals surface area contributed by atoms with Crippen molar-refractivity contribution in [3.05, 3.63) is 72.2 Å². The first kappa shape index (κ1) is 19.3. The normalized spacial score (nSPS) is 14.3. The van der Waals surface area contributed by atoms with E-state index in [1.807, 2.05) is 17.0 Å². The Balaban J connectivity index is 0.00000225. The Hall–Kier alpha value is -2.06. The summed E-state index contributed by atoms with van der Waals surface area (Å²) >= 11 is 0. The minimum Gasteiger partial charge on any atom is -0.452 e. The first-order valence-corrected chi connectivity index (χ1v) is 9.61. The molecule has 1 aliphatic rings. The predicted molar refractivity (Wildman–Crippen MR) is 106 cm³/mol. The average molecular weight is 350 g/mol. The SMILES string of the molecule is COC(=O)N1CCCCC=C1P(c1ccccc1)c1ccccc1.[B]. The quantitative estimate of drug-likeness (QED) is 0.622. The van der Waals surface area contributed by atoms with E-state index in [9.17, 15) is 4.79 Å². The van der Waals surface area contributed by atoms with Gasteiger partial charge in [-0.25, -0.2) is 4.79 Å². The summed E-state index contributed by atoms with van der Waals surface area (Å²) in [5.41, 5.74) is 1.09. The fourth-order valence-electron chi connectivity index (χ4n) is 2.94. The molecule has 3 rings (SSSR count). The van der Waals surface area contributed by atoms with Crippen molar-refractivity contribution in [1.29, 1.82) is 0 Å². The molecular formula is C20H22BNO2P. The largest absolute Gasteiger partial charge is 0.452 e. The van der Waals surface area contributed by atoms with Gasteiger partial charge < -0.3 is 4.74 Å². The predicted octanol–water partition coefficient (Wildman–Crippen LogP) is 3.83. The Kier molecular flexibility index (Phi) is 7.27. The number of allylic oxidation sites excluding steroid dienone is 1. The minimum absolute atomic E-state index is 0. The number of hydrogen-bond donors (Lipinski definition) is 0. The second kappa shape index (κ2) is 9.43. The van der Waals surface area contributed by atoms with Gasteiger partial charge >= 0.3 is 6.09 Å². The summed E-state index contributed by atoms with van der Waals surface area (Å²) < 4.78 is 5.05. The van der Waals surface area contributed by atoms with Gasteiger partial charge in [0.2, 0.25) is 0 Å². The van der Waals surface area contributed by atoms with Crippen molar-refractivity contribution in [3.8, 4) is 0 Å². The number of rotatable bonds is 3. The summed E-state index contributed by atoms with van der Waals surface area (Å²) in [4.78, 5) is 14.2. The lowest BCUT2D eigenvalue weighted by molar-refractivity contribution is 0.138. The number of carbonyl (C=O) groups excluding carboxylic acids is 1. The molecule has 2 aromatic rings. The van der Waals surface area contributed by atoms with E-state index >= 15 is 0 Å². The molecule has 3 radical (unpaired) electrons. The lowest BCUT2D eigenvalue weighted by Gasteiger charge is -2.30. The summed E-state index contributed by atoms with van der Waals surface area (Å²) in [6, 6.07) is 20.9. The maximum atomic E-state index is 12.4. The number of hydrogen-bond acceptors (Lipinski definition) is 2. The van der Waals surface area contributed by atoms with Gasteiger partial charge in [-0.1, -0.05) is 66.7 Å². The Labute approximate surface area is 153 Å². The molecule has 0 saturated carbocycles. The molecule has 0 aromatic heterocycles. The van der Waals surface area contributed by atoms with E-state index < -0.39 is 7.92 Å². The topological polar surface area (TPSA) is 29.5 Å². The monoisotopic (exact) mass is 350 g/mol. The molecule has 1 amide bonds. The zero-order valence-electron chi connectivity index (χ0n) is 14.5. The van der Waals surface area contributed by atoms with Crippen LogP contribution in [0.2, 0.25) is 0 Å². The highest BCUT2D eigenvalue weighted by Crippen LogP contribution is 2.46. The number of benzene rings is 2. The smallest absolute Gasteiger partial charge is 0.414 e. The van der Waals surface area contributed by atoms with Crippen molar-refractivity contribution in [2.24, 2.45) is 0 Å². The van der Waals surface area contributed by atoms with Crippen molar-refractivity contribution in [1.82, 2.24) is 4.90 Å². The second-order valence-electron chi connectivity index (χ2n) is 5.69. The lowest BCUT2D eigenvalue weighted by Crippen LogP contribution is -2.32. The van der Waals surface area contributed by atoms with Crippen molar-refractivity contribution >= 4 is 33.0 Å². The van der Waals surface area contributed by atoms with Crippen molar-refractivity contribution in [2.45, 2.75) is 19.3 Å². The molecule has 5 heteroatoms. The van der Waals surface area contributed by atoms with Crippen LogP contribution in [0.4, 0.5) is 4.79 Å². The van der Waals surface area contributed by atoms with Gasteiger partial charge in [0.25, 0.3) is 0 Å². The van der Waals surface area contributed by atoms with E-state index in [2.05, 4.69) is 54.6 Å². The average Bonchev–Trinajstić information content (AvgIpc) is 2.89. The van der Waals surface area contributed by atoms with Gasteiger partial charge in [0.1, 0.15) is 0 Å². The highest BCUT2D eigenvalue weighted by molar-refractivity contribution is 7.76. The molecule has 3 nitrogen and oxygen atoms in total. The van der Waals surface area contributed by atoms with Crippen LogP contribution in [0.5, 0.6) is 0 Å². The third-order valence-electron chi connectivity index (χ3n) is 4.09. The molecule has 0 bridgehead atoms. The third-order valence-corrected chi connectivity index (χ3v) is 6.60. The molecule has 0 saturated heterocycles. The zero-order chi connectivity index (χ0) is 16.8. The first-order chi connectivity index (χ1) is 11.8. The highest BCUT2D eigenvalue weighted by atomic mass is 31.1. The molecule has 1 heterocycles. The molecule has 25 heavy (non-hydrogen) atoms. The van der Waals surface area contributed by atoms with Gasteiger partial charge in [-0.2, -0.15) is 0 Å². The first-order valence-electron chi connectivity index (χ1n) is 8.27. The van der Waals surface area contributed by atoms with Crippen LogP contribution >= 0.6 is 7.92 Å². The number of methoxy groups -OCH3 is 1. The van der Waals surface area contributed by atoms with Crippen LogP contribution in [0.3, 0.4) is 0 Å². The number of nitrogens with zero attached hydrogens (tertiary/aromatic N) is 1. The summed E-state index contributed by atoms with van der Waals surface area (Å²) in [5, 5.41) is 2.50. The maximum Gasteiger partial charge on any atom is 0.414 e. The van der Waals surface area contributed by atoms with E-state index in [0.717, 1.165) is 31.2 Å². The van der Waals surface area contributed by atoms with E-state index in [4.69, 9.17) is 4.74 Å². The fourth-order valence-corrected chi connectivity index (χ4v) is 5.45. The van der Waals surface area contributed by atoms with Crippen LogP contribution in [0.25, 0.3) is 0 Å². The molecule has 0 N–H and O–H groups in total. The van der Waals surface area contributed by atoms with Crippen molar-refractivity contribution < 1.29 is 9.53 Å². The zero-order valence-corrected chi connectivity index (χ0v) is 15.4. The van der Waals surface area contributed by atoms with E-state index in [1.165, 1.54) is 17.7 Å². The number of amides is 1. The fraction of sp³-hybridized carbons (Fsp3) is 0.250. The Morgan fingerprint density at radius 2 is 1.52 bits per heavy atom. The summed E-state index contributed by atoms with van der Waals surface area (Å²) in [6.45, 7) is 0.719. The molecule has 0 aliphatic carbocycles. The van der Waals surface area contributed by atoms with Crippen LogP contribution in [0.15, 0.2) is 72.2 Å². The van der Waals surface area contributed by atoms with Crippen molar-refractivity contribution in [2.75, 3.05) is 13.7 Å². The number of carbonyl (C=O) groups is 1. The van der Waals surface area contributed by atoms with Crippen LogP contribution in [0, 0.1) is 0 Å². The molecule has 1 aliphatic heterocycles. The van der Waals surface area contributed by atoms with E-state index in [0.29, 0.717) is 0 Å². The standard InChI is InChI=1S/C20H22NO2P.B/c1-23-20(22)21-16-10-4-9-15-19(21)24(17-11-5-2-6-12-17)18-13-7-3-8-14-18;/h2-3,5-8,11-15H,4,9-10,16H2,1H3;. The van der Waals surface area contributed by atoms with E-state index in [-0.39, 0.29) is 14.5 Å². The van der Waals surface area contributed by atoms with Gasteiger partial charge in [0.05, 0.1) is 12.5 Å². The molecule has 0 spiro atoms. The van der Waals surface area contributed by atoms with Crippen molar-refractivity contribution in [3.63, 3.8) is 0 Å². The van der Waals surface area contributed by atoms with Gasteiger partial charge in [-0.15, -0.1) is 0 Å². The summed E-state index contributed by atoms with van der Waals surface area (Å²) in [6.07, 6.45) is 5.07. The molecule has 0 unspecified atom stereocenters. The summed E-state index contributed by atoms with van der Waals surface area (Å²) in [5.74, 6) is 0. The van der Waals surface area contributed by atoms with Gasteiger partial charge in [0, 0.05) is 22.9 Å².